The minimum Gasteiger partial charge on any atom is -0.488 e. The summed E-state index contributed by atoms with van der Waals surface area (Å²) in [6.07, 6.45) is 0.979. The summed E-state index contributed by atoms with van der Waals surface area (Å²) in [5.41, 5.74) is 1.87. The lowest BCUT2D eigenvalue weighted by molar-refractivity contribution is 0.144. The minimum atomic E-state index is 0.331. The summed E-state index contributed by atoms with van der Waals surface area (Å²) in [5.74, 6) is 0.816. The molecule has 0 saturated heterocycles. The molecule has 2 aromatic rings. The first-order chi connectivity index (χ1) is 12.1. The van der Waals surface area contributed by atoms with Crippen LogP contribution in [0, 0.1) is 0 Å². The average Bonchev–Trinajstić information content (AvgIpc) is 2.59. The molecule has 25 heavy (non-hydrogen) atoms. The summed E-state index contributed by atoms with van der Waals surface area (Å²) in [6, 6.07) is 11.4. The van der Waals surface area contributed by atoms with Crippen LogP contribution in [0.5, 0.6) is 5.75 Å². The van der Waals surface area contributed by atoms with Gasteiger partial charge in [-0.2, -0.15) is 0 Å². The van der Waals surface area contributed by atoms with E-state index in [1.807, 2.05) is 37.3 Å². The van der Waals surface area contributed by atoms with Gasteiger partial charge in [0.25, 0.3) is 0 Å². The van der Waals surface area contributed by atoms with Crippen molar-refractivity contribution in [2.24, 2.45) is 0 Å². The zero-order chi connectivity index (χ0) is 18.1. The summed E-state index contributed by atoms with van der Waals surface area (Å²) in [6.45, 7) is 5.48. The van der Waals surface area contributed by atoms with Gasteiger partial charge in [-0.3, -0.25) is 0 Å². The number of ether oxygens (including phenoxy) is 2. The van der Waals surface area contributed by atoms with E-state index in [4.69, 9.17) is 32.7 Å². The van der Waals surface area contributed by atoms with Gasteiger partial charge in [0.2, 0.25) is 0 Å². The lowest BCUT2D eigenvalue weighted by Gasteiger charge is -2.14. The monoisotopic (exact) mass is 445 g/mol. The van der Waals surface area contributed by atoms with Gasteiger partial charge in [-0.05, 0) is 50.2 Å². The van der Waals surface area contributed by atoms with Gasteiger partial charge in [-0.15, -0.1) is 0 Å². The highest BCUT2D eigenvalue weighted by atomic mass is 79.9. The smallest absolute Gasteiger partial charge is 0.124 e. The summed E-state index contributed by atoms with van der Waals surface area (Å²) >= 11 is 15.9. The molecule has 0 amide bonds. The van der Waals surface area contributed by atoms with Crippen molar-refractivity contribution in [2.45, 2.75) is 26.5 Å². The number of rotatable bonds is 10. The van der Waals surface area contributed by atoms with Gasteiger partial charge in [-0.1, -0.05) is 45.2 Å². The van der Waals surface area contributed by atoms with Crippen molar-refractivity contribution < 1.29 is 9.47 Å². The molecule has 0 atom stereocenters. The third kappa shape index (κ3) is 6.80. The van der Waals surface area contributed by atoms with E-state index in [2.05, 4.69) is 27.3 Å². The Kier molecular flexibility index (Phi) is 9.07. The topological polar surface area (TPSA) is 30.5 Å². The maximum atomic E-state index is 6.21. The van der Waals surface area contributed by atoms with Crippen LogP contribution < -0.4 is 10.1 Å². The predicted octanol–water partition coefficient (Wildman–Crippen LogP) is 5.85. The SMILES string of the molecule is CCOCCCNCc1cc(Br)ccc1OCc1c(Cl)cccc1Cl. The predicted molar refractivity (Wildman–Crippen MR) is 108 cm³/mol. The average molecular weight is 447 g/mol. The number of hydrogen-bond donors (Lipinski definition) is 1. The second-order valence-corrected chi connectivity index (χ2v) is 7.20. The Bertz CT molecular complexity index is 662. The van der Waals surface area contributed by atoms with Crippen molar-refractivity contribution in [3.8, 4) is 5.75 Å². The van der Waals surface area contributed by atoms with E-state index >= 15 is 0 Å². The van der Waals surface area contributed by atoms with Gasteiger partial charge >= 0.3 is 0 Å². The molecule has 0 saturated carbocycles. The van der Waals surface area contributed by atoms with Crippen molar-refractivity contribution >= 4 is 39.1 Å². The maximum Gasteiger partial charge on any atom is 0.124 e. The second-order valence-electron chi connectivity index (χ2n) is 5.47. The molecule has 136 valence electrons. The minimum absolute atomic E-state index is 0.331. The highest BCUT2D eigenvalue weighted by Gasteiger charge is 2.09. The van der Waals surface area contributed by atoms with Gasteiger partial charge in [0.15, 0.2) is 0 Å². The Morgan fingerprint density at radius 2 is 1.88 bits per heavy atom. The van der Waals surface area contributed by atoms with Gasteiger partial charge in [0.1, 0.15) is 12.4 Å². The van der Waals surface area contributed by atoms with Crippen LogP contribution in [-0.2, 0) is 17.9 Å². The van der Waals surface area contributed by atoms with Crippen LogP contribution in [0.15, 0.2) is 40.9 Å². The van der Waals surface area contributed by atoms with Crippen LogP contribution in [-0.4, -0.2) is 19.8 Å². The van der Waals surface area contributed by atoms with Crippen molar-refractivity contribution in [3.05, 3.63) is 62.0 Å². The van der Waals surface area contributed by atoms with E-state index in [0.717, 1.165) is 54.1 Å². The van der Waals surface area contributed by atoms with Crippen molar-refractivity contribution in [3.63, 3.8) is 0 Å². The Morgan fingerprint density at radius 1 is 1.12 bits per heavy atom. The molecule has 0 aliphatic carbocycles. The number of benzene rings is 2. The van der Waals surface area contributed by atoms with E-state index in [9.17, 15) is 0 Å². The molecule has 0 aliphatic rings. The zero-order valence-electron chi connectivity index (χ0n) is 14.2. The van der Waals surface area contributed by atoms with E-state index in [-0.39, 0.29) is 0 Å². The largest absolute Gasteiger partial charge is 0.488 e. The summed E-state index contributed by atoms with van der Waals surface area (Å²) < 4.78 is 12.3. The number of hydrogen-bond acceptors (Lipinski definition) is 3. The molecule has 0 aliphatic heterocycles. The Morgan fingerprint density at radius 3 is 2.60 bits per heavy atom. The van der Waals surface area contributed by atoms with E-state index in [1.54, 1.807) is 0 Å². The molecule has 0 radical (unpaired) electrons. The fraction of sp³-hybridized carbons (Fsp3) is 0.368. The second kappa shape index (κ2) is 11.0. The lowest BCUT2D eigenvalue weighted by atomic mass is 10.2. The van der Waals surface area contributed by atoms with Gasteiger partial charge < -0.3 is 14.8 Å². The maximum absolute atomic E-state index is 6.21. The van der Waals surface area contributed by atoms with Gasteiger partial charge in [-0.25, -0.2) is 0 Å². The molecule has 6 heteroatoms. The van der Waals surface area contributed by atoms with E-state index in [1.165, 1.54) is 0 Å². The Labute approximate surface area is 167 Å². The third-order valence-corrected chi connectivity index (χ3v) is 4.82. The standard InChI is InChI=1S/C19H22BrCl2NO2/c1-2-24-10-4-9-23-12-14-11-15(20)7-8-19(14)25-13-16-17(21)5-3-6-18(16)22/h3,5-8,11,23H,2,4,9-10,12-13H2,1H3. The van der Waals surface area contributed by atoms with Crippen LogP contribution in [0.2, 0.25) is 10.0 Å². The first-order valence-corrected chi connectivity index (χ1v) is 9.79. The van der Waals surface area contributed by atoms with Crippen LogP contribution in [0.1, 0.15) is 24.5 Å². The summed E-state index contributed by atoms with van der Waals surface area (Å²) in [4.78, 5) is 0. The van der Waals surface area contributed by atoms with Crippen molar-refractivity contribution in [1.82, 2.24) is 5.32 Å². The fourth-order valence-corrected chi connectivity index (χ4v) is 3.23. The lowest BCUT2D eigenvalue weighted by Crippen LogP contribution is -2.17. The molecule has 3 nitrogen and oxygen atoms in total. The van der Waals surface area contributed by atoms with Crippen LogP contribution in [0.4, 0.5) is 0 Å². The molecule has 0 unspecified atom stereocenters. The molecular weight excluding hydrogens is 425 g/mol. The normalized spacial score (nSPS) is 10.9. The van der Waals surface area contributed by atoms with Crippen LogP contribution >= 0.6 is 39.1 Å². The van der Waals surface area contributed by atoms with Gasteiger partial charge in [0, 0.05) is 45.4 Å². The molecular formula is C19H22BrCl2NO2. The first kappa shape index (κ1) is 20.5. The summed E-state index contributed by atoms with van der Waals surface area (Å²) in [5, 5.41) is 4.64. The zero-order valence-corrected chi connectivity index (χ0v) is 17.3. The highest BCUT2D eigenvalue weighted by molar-refractivity contribution is 9.10. The van der Waals surface area contributed by atoms with Crippen molar-refractivity contribution in [2.75, 3.05) is 19.8 Å². The van der Waals surface area contributed by atoms with E-state index < -0.39 is 0 Å². The molecule has 1 N–H and O–H groups in total. The molecule has 2 aromatic carbocycles. The number of nitrogens with one attached hydrogen (secondary N) is 1. The van der Waals surface area contributed by atoms with Crippen LogP contribution in [0.25, 0.3) is 0 Å². The molecule has 0 bridgehead atoms. The highest BCUT2D eigenvalue weighted by Crippen LogP contribution is 2.28. The Hall–Kier alpha value is -0.780. The third-order valence-electron chi connectivity index (χ3n) is 3.62. The molecule has 0 aromatic heterocycles. The number of halogens is 3. The van der Waals surface area contributed by atoms with Crippen molar-refractivity contribution in [1.29, 1.82) is 0 Å². The first-order valence-electron chi connectivity index (χ1n) is 8.24. The van der Waals surface area contributed by atoms with Crippen LogP contribution in [0.3, 0.4) is 0 Å². The van der Waals surface area contributed by atoms with Gasteiger partial charge in [0.05, 0.1) is 0 Å². The quantitative estimate of drug-likeness (QED) is 0.464. The molecule has 0 heterocycles. The molecule has 0 fully saturated rings. The fourth-order valence-electron chi connectivity index (χ4n) is 2.31. The van der Waals surface area contributed by atoms with E-state index in [0.29, 0.717) is 16.7 Å². The molecule has 2 rings (SSSR count). The Balaban J connectivity index is 1.96. The molecule has 0 spiro atoms. The summed E-state index contributed by atoms with van der Waals surface area (Å²) in [7, 11) is 0.